The Hall–Kier alpha value is -0.500. The van der Waals surface area contributed by atoms with Crippen molar-refractivity contribution in [1.82, 2.24) is 4.72 Å². The van der Waals surface area contributed by atoms with E-state index in [2.05, 4.69) is 20.7 Å². The van der Waals surface area contributed by atoms with Gasteiger partial charge in [-0.3, -0.25) is 0 Å². The summed E-state index contributed by atoms with van der Waals surface area (Å²) in [5.41, 5.74) is 0. The minimum atomic E-state index is -3.65. The molecule has 1 aromatic carbocycles. The second kappa shape index (κ2) is 6.51. The fraction of sp³-hybridized carbons (Fsp3) is 0.538. The molecule has 1 aromatic rings. The van der Waals surface area contributed by atoms with Crippen LogP contribution in [-0.2, 0) is 14.8 Å². The third-order valence-corrected chi connectivity index (χ3v) is 5.87. The van der Waals surface area contributed by atoms with Crippen LogP contribution in [0.25, 0.3) is 0 Å². The van der Waals surface area contributed by atoms with Gasteiger partial charge in [0, 0.05) is 23.5 Å². The van der Waals surface area contributed by atoms with E-state index >= 15 is 0 Å². The molecule has 4 nitrogen and oxygen atoms in total. The molecule has 2 atom stereocenters. The van der Waals surface area contributed by atoms with Crippen LogP contribution in [0.15, 0.2) is 27.6 Å². The molecule has 1 N–H and O–H groups in total. The zero-order chi connectivity index (χ0) is 14.8. The minimum Gasteiger partial charge on any atom is -0.378 e. The van der Waals surface area contributed by atoms with Gasteiger partial charge in [0.1, 0.15) is 5.82 Å². The molecule has 0 amide bonds. The molecule has 20 heavy (non-hydrogen) atoms. The first-order chi connectivity index (χ1) is 9.44. The summed E-state index contributed by atoms with van der Waals surface area (Å²) in [5.74, 6) is -0.292. The van der Waals surface area contributed by atoms with E-state index in [1.165, 1.54) is 6.07 Å². The smallest absolute Gasteiger partial charge is 0.241 e. The van der Waals surface area contributed by atoms with Crippen molar-refractivity contribution in [2.45, 2.75) is 30.8 Å². The maximum absolute atomic E-state index is 13.0. The van der Waals surface area contributed by atoms with E-state index in [4.69, 9.17) is 4.74 Å². The lowest BCUT2D eigenvalue weighted by Gasteiger charge is -2.17. The summed E-state index contributed by atoms with van der Waals surface area (Å²) in [6.07, 6.45) is 1.83. The normalized spacial score (nSPS) is 23.1. The van der Waals surface area contributed by atoms with Crippen LogP contribution in [-0.4, -0.2) is 27.7 Å². The first kappa shape index (κ1) is 15.9. The number of hydrogen-bond acceptors (Lipinski definition) is 3. The molecule has 0 radical (unpaired) electrons. The van der Waals surface area contributed by atoms with Gasteiger partial charge in [0.05, 0.1) is 11.0 Å². The van der Waals surface area contributed by atoms with Gasteiger partial charge in [-0.2, -0.15) is 0 Å². The van der Waals surface area contributed by atoms with Crippen molar-refractivity contribution >= 4 is 26.0 Å². The summed E-state index contributed by atoms with van der Waals surface area (Å²) < 4.78 is 45.8. The lowest BCUT2D eigenvalue weighted by molar-refractivity contribution is 0.0884. The SMILES string of the molecule is CCC1OCCC1CNS(=O)(=O)c1ccc(F)cc1Br. The summed E-state index contributed by atoms with van der Waals surface area (Å²) in [6.45, 7) is 3.03. The fourth-order valence-corrected chi connectivity index (χ4v) is 4.51. The van der Waals surface area contributed by atoms with Crippen LogP contribution in [0.4, 0.5) is 4.39 Å². The minimum absolute atomic E-state index is 0.0471. The third-order valence-electron chi connectivity index (χ3n) is 3.47. The van der Waals surface area contributed by atoms with Gasteiger partial charge in [0.25, 0.3) is 0 Å². The fourth-order valence-electron chi connectivity index (χ4n) is 2.37. The summed E-state index contributed by atoms with van der Waals surface area (Å²) in [6, 6.07) is 3.53. The number of rotatable bonds is 5. The lowest BCUT2D eigenvalue weighted by atomic mass is 10.0. The molecule has 0 spiro atoms. The predicted molar refractivity (Wildman–Crippen MR) is 77.4 cm³/mol. The van der Waals surface area contributed by atoms with E-state index in [0.717, 1.165) is 25.0 Å². The van der Waals surface area contributed by atoms with Crippen molar-refractivity contribution in [2.24, 2.45) is 5.92 Å². The first-order valence-electron chi connectivity index (χ1n) is 6.50. The molecular formula is C13H17BrFNO3S. The quantitative estimate of drug-likeness (QED) is 0.872. The number of halogens is 2. The first-order valence-corrected chi connectivity index (χ1v) is 8.78. The highest BCUT2D eigenvalue weighted by molar-refractivity contribution is 9.10. The molecule has 1 heterocycles. The molecular weight excluding hydrogens is 349 g/mol. The van der Waals surface area contributed by atoms with Crippen molar-refractivity contribution in [3.8, 4) is 0 Å². The van der Waals surface area contributed by atoms with Gasteiger partial charge in [-0.25, -0.2) is 17.5 Å². The van der Waals surface area contributed by atoms with Crippen LogP contribution in [0.5, 0.6) is 0 Å². The van der Waals surface area contributed by atoms with Gasteiger partial charge in [0.15, 0.2) is 0 Å². The van der Waals surface area contributed by atoms with Crippen molar-refractivity contribution in [3.63, 3.8) is 0 Å². The molecule has 0 aliphatic carbocycles. The highest BCUT2D eigenvalue weighted by Gasteiger charge is 2.28. The molecule has 0 bridgehead atoms. The molecule has 2 unspecified atom stereocenters. The Morgan fingerprint density at radius 1 is 1.50 bits per heavy atom. The topological polar surface area (TPSA) is 55.4 Å². The van der Waals surface area contributed by atoms with E-state index in [1.807, 2.05) is 6.92 Å². The van der Waals surface area contributed by atoms with E-state index in [9.17, 15) is 12.8 Å². The molecule has 1 aliphatic heterocycles. The van der Waals surface area contributed by atoms with E-state index < -0.39 is 15.8 Å². The van der Waals surface area contributed by atoms with Gasteiger partial charge < -0.3 is 4.74 Å². The van der Waals surface area contributed by atoms with Crippen LogP contribution in [0, 0.1) is 11.7 Å². The lowest BCUT2D eigenvalue weighted by Crippen LogP contribution is -2.32. The number of sulfonamides is 1. The molecule has 2 rings (SSSR count). The van der Waals surface area contributed by atoms with Gasteiger partial charge >= 0.3 is 0 Å². The van der Waals surface area contributed by atoms with Gasteiger partial charge in [0.2, 0.25) is 10.0 Å². The highest BCUT2D eigenvalue weighted by atomic mass is 79.9. The molecule has 1 fully saturated rings. The van der Waals surface area contributed by atoms with E-state index in [0.29, 0.717) is 13.2 Å². The Morgan fingerprint density at radius 2 is 2.25 bits per heavy atom. The second-order valence-electron chi connectivity index (χ2n) is 4.79. The molecule has 112 valence electrons. The monoisotopic (exact) mass is 365 g/mol. The Bertz CT molecular complexity index is 579. The molecule has 0 aromatic heterocycles. The van der Waals surface area contributed by atoms with Crippen molar-refractivity contribution in [2.75, 3.05) is 13.2 Å². The summed E-state index contributed by atoms with van der Waals surface area (Å²) in [7, 11) is -3.65. The van der Waals surface area contributed by atoms with Crippen LogP contribution in [0.2, 0.25) is 0 Å². The summed E-state index contributed by atoms with van der Waals surface area (Å²) in [4.78, 5) is 0.0471. The Balaban J connectivity index is 2.07. The number of hydrogen-bond donors (Lipinski definition) is 1. The molecule has 0 saturated carbocycles. The van der Waals surface area contributed by atoms with Crippen LogP contribution in [0.1, 0.15) is 19.8 Å². The Morgan fingerprint density at radius 3 is 2.90 bits per heavy atom. The van der Waals surface area contributed by atoms with Crippen molar-refractivity contribution < 1.29 is 17.5 Å². The predicted octanol–water partition coefficient (Wildman–Crippen LogP) is 2.68. The number of nitrogens with one attached hydrogen (secondary N) is 1. The van der Waals surface area contributed by atoms with Crippen molar-refractivity contribution in [3.05, 3.63) is 28.5 Å². The van der Waals surface area contributed by atoms with Crippen LogP contribution < -0.4 is 4.72 Å². The van der Waals surface area contributed by atoms with Crippen LogP contribution >= 0.6 is 15.9 Å². The molecule has 1 aliphatic rings. The maximum atomic E-state index is 13.0. The molecule has 1 saturated heterocycles. The van der Waals surface area contributed by atoms with Crippen molar-refractivity contribution in [1.29, 1.82) is 0 Å². The standard InChI is InChI=1S/C13H17BrFNO3S/c1-2-12-9(5-6-19-12)8-16-20(17,18)13-4-3-10(15)7-11(13)14/h3-4,7,9,12,16H,2,5-6,8H2,1H3. The Labute approximate surface area is 126 Å². The Kier molecular flexibility index (Phi) is 5.17. The van der Waals surface area contributed by atoms with Gasteiger partial charge in [-0.05, 0) is 47.0 Å². The zero-order valence-corrected chi connectivity index (χ0v) is 13.5. The number of benzene rings is 1. The second-order valence-corrected chi connectivity index (χ2v) is 7.38. The summed E-state index contributed by atoms with van der Waals surface area (Å²) in [5, 5.41) is 0. The maximum Gasteiger partial charge on any atom is 0.241 e. The van der Waals surface area contributed by atoms with Gasteiger partial charge in [-0.15, -0.1) is 0 Å². The van der Waals surface area contributed by atoms with Crippen LogP contribution in [0.3, 0.4) is 0 Å². The third kappa shape index (κ3) is 3.58. The average Bonchev–Trinajstić information content (AvgIpc) is 2.83. The largest absolute Gasteiger partial charge is 0.378 e. The average molecular weight is 366 g/mol. The summed E-state index contributed by atoms with van der Waals surface area (Å²) >= 11 is 3.08. The van der Waals surface area contributed by atoms with E-state index in [-0.39, 0.29) is 21.4 Å². The van der Waals surface area contributed by atoms with E-state index in [1.54, 1.807) is 0 Å². The highest BCUT2D eigenvalue weighted by Crippen LogP contribution is 2.25. The molecule has 7 heteroatoms. The number of ether oxygens (including phenoxy) is 1. The zero-order valence-electron chi connectivity index (χ0n) is 11.1. The van der Waals surface area contributed by atoms with Gasteiger partial charge in [-0.1, -0.05) is 6.92 Å².